The van der Waals surface area contributed by atoms with Crippen molar-refractivity contribution in [2.75, 3.05) is 26.2 Å². The van der Waals surface area contributed by atoms with E-state index in [2.05, 4.69) is 20.6 Å². The summed E-state index contributed by atoms with van der Waals surface area (Å²) in [7, 11) is 0. The molecule has 1 fully saturated rings. The summed E-state index contributed by atoms with van der Waals surface area (Å²) in [6.45, 7) is 5.58. The molecule has 2 aromatic carbocycles. The number of carbonyl (C=O) groups excluding carboxylic acids is 2. The van der Waals surface area contributed by atoms with Gasteiger partial charge in [0.2, 0.25) is 11.8 Å². The Balaban J connectivity index is 1.24. The zero-order valence-corrected chi connectivity index (χ0v) is 18.0. The van der Waals surface area contributed by atoms with E-state index >= 15 is 0 Å². The molecule has 4 aromatic rings. The van der Waals surface area contributed by atoms with Crippen LogP contribution in [-0.2, 0) is 9.59 Å². The smallest absolute Gasteiger partial charge is 0.247 e. The van der Waals surface area contributed by atoms with Crippen LogP contribution in [0.2, 0.25) is 0 Å². The Hall–Kier alpha value is -3.82. The molecule has 2 aromatic heterocycles. The van der Waals surface area contributed by atoms with E-state index in [0.717, 1.165) is 22.1 Å². The van der Waals surface area contributed by atoms with Gasteiger partial charge in [-0.25, -0.2) is 9.36 Å². The molecule has 2 atom stereocenters. The van der Waals surface area contributed by atoms with E-state index < -0.39 is 12.1 Å². The van der Waals surface area contributed by atoms with Gasteiger partial charge in [-0.2, -0.15) is 0 Å². The molecule has 10 heteroatoms. The second-order valence-corrected chi connectivity index (χ2v) is 8.05. The zero-order chi connectivity index (χ0) is 22.2. The quantitative estimate of drug-likeness (QED) is 0.486. The van der Waals surface area contributed by atoms with E-state index in [1.165, 1.54) is 0 Å². The van der Waals surface area contributed by atoms with Gasteiger partial charge in [-0.1, -0.05) is 34.7 Å². The predicted octanol–water partition coefficient (Wildman–Crippen LogP) is 1.67. The highest BCUT2D eigenvalue weighted by atomic mass is 16.2. The molecule has 3 heterocycles. The van der Waals surface area contributed by atoms with Crippen LogP contribution in [0, 0.1) is 0 Å². The Morgan fingerprint density at radius 3 is 1.47 bits per heavy atom. The fourth-order valence-corrected chi connectivity index (χ4v) is 4.23. The molecule has 2 amide bonds. The van der Waals surface area contributed by atoms with Crippen molar-refractivity contribution in [3.05, 3.63) is 48.5 Å². The molecule has 0 bridgehead atoms. The number of rotatable bonds is 4. The van der Waals surface area contributed by atoms with Gasteiger partial charge >= 0.3 is 0 Å². The van der Waals surface area contributed by atoms with Crippen molar-refractivity contribution in [2.45, 2.75) is 25.9 Å². The summed E-state index contributed by atoms with van der Waals surface area (Å²) in [6.07, 6.45) is 0. The van der Waals surface area contributed by atoms with Crippen LogP contribution in [-0.4, -0.2) is 77.8 Å². The van der Waals surface area contributed by atoms with Crippen LogP contribution >= 0.6 is 0 Å². The first kappa shape index (κ1) is 20.1. The Bertz CT molecular complexity index is 1190. The Morgan fingerprint density at radius 2 is 1.06 bits per heavy atom. The highest BCUT2D eigenvalue weighted by Crippen LogP contribution is 2.20. The standard InChI is InChI=1S/C22H24N8O2/c1-15(29-19-9-5-3-7-17(19)23-25-29)21(31)27-11-13-28(14-12-27)22(32)16(2)30-20-10-6-4-8-18(20)24-26-30/h3-10,15-16H,11-14H2,1-2H3. The fraction of sp³-hybridized carbons (Fsp3) is 0.364. The third-order valence-electron chi connectivity index (χ3n) is 6.11. The average Bonchev–Trinajstić information content (AvgIpc) is 3.47. The topological polar surface area (TPSA) is 102 Å². The zero-order valence-electron chi connectivity index (χ0n) is 18.0. The minimum atomic E-state index is -0.468. The van der Waals surface area contributed by atoms with Gasteiger partial charge in [0.05, 0.1) is 11.0 Å². The molecule has 0 spiro atoms. The van der Waals surface area contributed by atoms with E-state index in [-0.39, 0.29) is 11.8 Å². The molecular formula is C22H24N8O2. The van der Waals surface area contributed by atoms with Crippen molar-refractivity contribution in [3.8, 4) is 0 Å². The third-order valence-corrected chi connectivity index (χ3v) is 6.11. The van der Waals surface area contributed by atoms with E-state index in [0.29, 0.717) is 26.2 Å². The second kappa shape index (κ2) is 8.03. The summed E-state index contributed by atoms with van der Waals surface area (Å²) in [5.74, 6) is -0.0499. The number of fused-ring (bicyclic) bond motifs is 2. The molecule has 0 N–H and O–H groups in total. The molecule has 1 saturated heterocycles. The Kier molecular flexibility index (Phi) is 5.04. The highest BCUT2D eigenvalue weighted by molar-refractivity contribution is 5.85. The van der Waals surface area contributed by atoms with Gasteiger partial charge in [0.25, 0.3) is 0 Å². The summed E-state index contributed by atoms with van der Waals surface area (Å²) in [5.41, 5.74) is 3.18. The van der Waals surface area contributed by atoms with Crippen LogP contribution in [0.3, 0.4) is 0 Å². The average molecular weight is 432 g/mol. The van der Waals surface area contributed by atoms with Gasteiger partial charge in [0, 0.05) is 26.2 Å². The van der Waals surface area contributed by atoms with E-state index in [1.807, 2.05) is 62.4 Å². The number of nitrogens with zero attached hydrogens (tertiary/aromatic N) is 8. The van der Waals surface area contributed by atoms with Crippen molar-refractivity contribution in [1.82, 2.24) is 39.8 Å². The number of piperazine rings is 1. The molecule has 10 nitrogen and oxygen atoms in total. The first-order chi connectivity index (χ1) is 15.5. The number of para-hydroxylation sites is 2. The number of hydrogen-bond donors (Lipinski definition) is 0. The summed E-state index contributed by atoms with van der Waals surface area (Å²) in [6, 6.07) is 14.2. The van der Waals surface area contributed by atoms with Crippen molar-refractivity contribution < 1.29 is 9.59 Å². The summed E-state index contributed by atoms with van der Waals surface area (Å²) >= 11 is 0. The Labute approximate surface area is 184 Å². The lowest BCUT2D eigenvalue weighted by Crippen LogP contribution is -2.53. The van der Waals surface area contributed by atoms with Gasteiger partial charge in [-0.3, -0.25) is 9.59 Å². The molecule has 0 radical (unpaired) electrons. The van der Waals surface area contributed by atoms with Crippen molar-refractivity contribution in [3.63, 3.8) is 0 Å². The predicted molar refractivity (Wildman–Crippen MR) is 118 cm³/mol. The maximum absolute atomic E-state index is 13.1. The second-order valence-electron chi connectivity index (χ2n) is 8.05. The lowest BCUT2D eigenvalue weighted by molar-refractivity contribution is -0.143. The maximum Gasteiger partial charge on any atom is 0.247 e. The molecule has 164 valence electrons. The van der Waals surface area contributed by atoms with E-state index in [9.17, 15) is 9.59 Å². The van der Waals surface area contributed by atoms with Gasteiger partial charge in [0.15, 0.2) is 0 Å². The van der Waals surface area contributed by atoms with Crippen LogP contribution < -0.4 is 0 Å². The molecule has 0 aliphatic carbocycles. The van der Waals surface area contributed by atoms with Crippen LogP contribution in [0.1, 0.15) is 25.9 Å². The van der Waals surface area contributed by atoms with Gasteiger partial charge < -0.3 is 9.80 Å². The van der Waals surface area contributed by atoms with Crippen LogP contribution in [0.15, 0.2) is 48.5 Å². The number of carbonyl (C=O) groups is 2. The lowest BCUT2D eigenvalue weighted by Gasteiger charge is -2.37. The van der Waals surface area contributed by atoms with Gasteiger partial charge in [-0.05, 0) is 38.1 Å². The molecule has 0 saturated carbocycles. The normalized spacial score (nSPS) is 16.4. The monoisotopic (exact) mass is 432 g/mol. The molecule has 1 aliphatic rings. The fourth-order valence-electron chi connectivity index (χ4n) is 4.23. The number of amides is 2. The molecule has 32 heavy (non-hydrogen) atoms. The SMILES string of the molecule is CC(C(=O)N1CCN(C(=O)C(C)n2nnc3ccccc32)CC1)n1nnc2ccccc21. The number of benzene rings is 2. The first-order valence-electron chi connectivity index (χ1n) is 10.7. The van der Waals surface area contributed by atoms with Crippen molar-refractivity contribution >= 4 is 33.9 Å². The Morgan fingerprint density at radius 1 is 0.688 bits per heavy atom. The molecular weight excluding hydrogens is 408 g/mol. The molecule has 2 unspecified atom stereocenters. The maximum atomic E-state index is 13.1. The van der Waals surface area contributed by atoms with Crippen LogP contribution in [0.5, 0.6) is 0 Å². The minimum Gasteiger partial charge on any atom is -0.337 e. The molecule has 1 aliphatic heterocycles. The van der Waals surface area contributed by atoms with Crippen LogP contribution in [0.25, 0.3) is 22.1 Å². The van der Waals surface area contributed by atoms with Crippen molar-refractivity contribution in [2.24, 2.45) is 0 Å². The van der Waals surface area contributed by atoms with Crippen LogP contribution in [0.4, 0.5) is 0 Å². The van der Waals surface area contributed by atoms with E-state index in [1.54, 1.807) is 19.2 Å². The van der Waals surface area contributed by atoms with E-state index in [4.69, 9.17) is 0 Å². The van der Waals surface area contributed by atoms with Gasteiger partial charge in [-0.15, -0.1) is 10.2 Å². The highest BCUT2D eigenvalue weighted by Gasteiger charge is 2.31. The third kappa shape index (κ3) is 3.37. The summed E-state index contributed by atoms with van der Waals surface area (Å²) < 4.78 is 3.32. The molecule has 5 rings (SSSR count). The minimum absolute atomic E-state index is 0.0249. The summed E-state index contributed by atoms with van der Waals surface area (Å²) in [4.78, 5) is 29.8. The largest absolute Gasteiger partial charge is 0.337 e. The summed E-state index contributed by atoms with van der Waals surface area (Å²) in [5, 5.41) is 16.6. The van der Waals surface area contributed by atoms with Crippen molar-refractivity contribution in [1.29, 1.82) is 0 Å². The first-order valence-corrected chi connectivity index (χ1v) is 10.7. The lowest BCUT2D eigenvalue weighted by atomic mass is 10.2. The number of hydrogen-bond acceptors (Lipinski definition) is 6. The number of aromatic nitrogens is 6. The van der Waals surface area contributed by atoms with Gasteiger partial charge in [0.1, 0.15) is 23.1 Å².